The van der Waals surface area contributed by atoms with Crippen molar-refractivity contribution in [2.24, 2.45) is 0 Å². The van der Waals surface area contributed by atoms with Crippen molar-refractivity contribution in [2.75, 3.05) is 32.4 Å². The van der Waals surface area contributed by atoms with Crippen LogP contribution in [0.2, 0.25) is 5.02 Å². The number of amides is 1. The van der Waals surface area contributed by atoms with Gasteiger partial charge in [0.15, 0.2) is 0 Å². The van der Waals surface area contributed by atoms with Crippen LogP contribution in [0.25, 0.3) is 0 Å². The maximum Gasteiger partial charge on any atom is 0.253 e. The lowest BCUT2D eigenvalue weighted by Gasteiger charge is -2.32. The summed E-state index contributed by atoms with van der Waals surface area (Å²) < 4.78 is 30.3. The van der Waals surface area contributed by atoms with Crippen LogP contribution in [0.5, 0.6) is 11.8 Å². The summed E-state index contributed by atoms with van der Waals surface area (Å²) in [5.74, 6) is 1.19. The number of halogens is 1. The molecule has 0 aliphatic carbocycles. The molecular weight excluding hydrogens is 480 g/mol. The molecule has 1 aromatic heterocycles. The number of hydrogen-bond acceptors (Lipinski definition) is 8. The largest absolute Gasteiger partial charge is 0.773 e. The SMILES string of the molecule is CS(=O)[O-].Cc1c(OC2CCNCC2)ncnc1OC1CCN(C(=O)c2ccc(Cl)cc2)CC1. The minimum atomic E-state index is -1.86. The summed E-state index contributed by atoms with van der Waals surface area (Å²) >= 11 is 4.05. The fourth-order valence-corrected chi connectivity index (χ4v) is 3.96. The van der Waals surface area contributed by atoms with Crippen LogP contribution in [0.1, 0.15) is 41.6 Å². The fourth-order valence-electron chi connectivity index (χ4n) is 3.84. The second-order valence-electron chi connectivity index (χ2n) is 8.19. The van der Waals surface area contributed by atoms with Gasteiger partial charge in [-0.1, -0.05) is 22.7 Å². The van der Waals surface area contributed by atoms with E-state index in [1.54, 1.807) is 24.3 Å². The van der Waals surface area contributed by atoms with Crippen molar-refractivity contribution in [2.45, 2.75) is 44.8 Å². The van der Waals surface area contributed by atoms with Gasteiger partial charge in [-0.3, -0.25) is 9.00 Å². The zero-order chi connectivity index (χ0) is 24.5. The monoisotopic (exact) mass is 509 g/mol. The molecule has 9 nitrogen and oxygen atoms in total. The van der Waals surface area contributed by atoms with Crippen molar-refractivity contribution in [3.05, 3.63) is 46.7 Å². The predicted molar refractivity (Wildman–Crippen MR) is 129 cm³/mol. The van der Waals surface area contributed by atoms with Crippen molar-refractivity contribution in [3.63, 3.8) is 0 Å². The quantitative estimate of drug-likeness (QED) is 0.611. The van der Waals surface area contributed by atoms with Crippen molar-refractivity contribution in [3.8, 4) is 11.8 Å². The molecule has 1 atom stereocenters. The Balaban J connectivity index is 0.000000751. The number of nitrogens with one attached hydrogen (secondary N) is 1. The molecule has 2 aliphatic rings. The lowest BCUT2D eigenvalue weighted by Crippen LogP contribution is -2.41. The standard InChI is InChI=1S/C22H27ClN4O3.CH4O2S/c1-15-20(29-18-6-10-24-11-7-18)25-14-26-21(15)30-19-8-12-27(13-9-19)22(28)16-2-4-17(23)5-3-16;1-4(2)3/h2-5,14,18-19,24H,6-13H2,1H3;1H3,(H,2,3)/p-1. The van der Waals surface area contributed by atoms with E-state index in [9.17, 15) is 4.79 Å². The number of hydrogen-bond donors (Lipinski definition) is 1. The topological polar surface area (TPSA) is 117 Å². The Morgan fingerprint density at radius 3 is 2.09 bits per heavy atom. The van der Waals surface area contributed by atoms with Gasteiger partial charge < -0.3 is 24.2 Å². The molecule has 2 fully saturated rings. The van der Waals surface area contributed by atoms with Gasteiger partial charge in [0.1, 0.15) is 18.5 Å². The van der Waals surface area contributed by atoms with Gasteiger partial charge in [-0.25, -0.2) is 9.97 Å². The van der Waals surface area contributed by atoms with E-state index in [1.807, 2.05) is 11.8 Å². The highest BCUT2D eigenvalue weighted by atomic mass is 35.5. The third kappa shape index (κ3) is 7.90. The van der Waals surface area contributed by atoms with Crippen LogP contribution in [0, 0.1) is 6.92 Å². The summed E-state index contributed by atoms with van der Waals surface area (Å²) in [6.07, 6.45) is 6.23. The molecule has 0 spiro atoms. The predicted octanol–water partition coefficient (Wildman–Crippen LogP) is 2.75. The van der Waals surface area contributed by atoms with E-state index < -0.39 is 11.1 Å². The van der Waals surface area contributed by atoms with Gasteiger partial charge in [-0.05, 0) is 63.4 Å². The van der Waals surface area contributed by atoms with Crippen molar-refractivity contribution in [1.82, 2.24) is 20.2 Å². The lowest BCUT2D eigenvalue weighted by atomic mass is 10.1. The first-order valence-electron chi connectivity index (χ1n) is 11.2. The Bertz CT molecular complexity index is 960. The molecule has 0 saturated carbocycles. The van der Waals surface area contributed by atoms with E-state index in [-0.39, 0.29) is 18.1 Å². The number of nitrogens with zero attached hydrogens (tertiary/aromatic N) is 3. The van der Waals surface area contributed by atoms with Crippen molar-refractivity contribution < 1.29 is 23.0 Å². The smallest absolute Gasteiger partial charge is 0.253 e. The van der Waals surface area contributed by atoms with E-state index in [4.69, 9.17) is 29.8 Å². The van der Waals surface area contributed by atoms with Gasteiger partial charge in [0, 0.05) is 36.5 Å². The Hall–Kier alpha value is -2.27. The number of ether oxygens (including phenoxy) is 2. The van der Waals surface area contributed by atoms with Crippen LogP contribution in [0.4, 0.5) is 0 Å². The molecule has 0 bridgehead atoms. The summed E-state index contributed by atoms with van der Waals surface area (Å²) in [6, 6.07) is 7.01. The average molecular weight is 510 g/mol. The number of carbonyl (C=O) groups is 1. The van der Waals surface area contributed by atoms with E-state index in [0.717, 1.165) is 50.6 Å². The zero-order valence-electron chi connectivity index (χ0n) is 19.4. The van der Waals surface area contributed by atoms with Gasteiger partial charge in [0.2, 0.25) is 11.8 Å². The second-order valence-corrected chi connectivity index (χ2v) is 9.43. The third-order valence-corrected chi connectivity index (χ3v) is 5.91. The maximum absolute atomic E-state index is 12.7. The molecule has 1 N–H and O–H groups in total. The molecule has 34 heavy (non-hydrogen) atoms. The highest BCUT2D eigenvalue weighted by molar-refractivity contribution is 7.78. The van der Waals surface area contributed by atoms with Crippen LogP contribution in [-0.2, 0) is 11.1 Å². The fraction of sp³-hybridized carbons (Fsp3) is 0.522. The van der Waals surface area contributed by atoms with Crippen molar-refractivity contribution in [1.29, 1.82) is 0 Å². The molecule has 186 valence electrons. The number of rotatable bonds is 5. The summed E-state index contributed by atoms with van der Waals surface area (Å²) in [6.45, 7) is 5.16. The van der Waals surface area contributed by atoms with E-state index in [1.165, 1.54) is 6.33 Å². The molecule has 1 amide bonds. The minimum absolute atomic E-state index is 0.0135. The van der Waals surface area contributed by atoms with Gasteiger partial charge >= 0.3 is 0 Å². The number of carbonyl (C=O) groups excluding carboxylic acids is 1. The number of benzene rings is 1. The van der Waals surface area contributed by atoms with Gasteiger partial charge in [-0.2, -0.15) is 0 Å². The zero-order valence-corrected chi connectivity index (χ0v) is 20.9. The molecule has 0 radical (unpaired) electrons. The molecule has 1 unspecified atom stereocenters. The number of aromatic nitrogens is 2. The molecule has 4 rings (SSSR count). The highest BCUT2D eigenvalue weighted by Gasteiger charge is 2.26. The van der Waals surface area contributed by atoms with Gasteiger partial charge in [-0.15, -0.1) is 0 Å². The summed E-state index contributed by atoms with van der Waals surface area (Å²) in [4.78, 5) is 23.1. The molecule has 3 heterocycles. The molecule has 2 saturated heterocycles. The molecule has 2 aliphatic heterocycles. The third-order valence-electron chi connectivity index (χ3n) is 5.65. The van der Waals surface area contributed by atoms with Crippen LogP contribution in [0.15, 0.2) is 30.6 Å². The second kappa shape index (κ2) is 13.0. The number of piperidine rings is 2. The first-order valence-corrected chi connectivity index (χ1v) is 13.1. The maximum atomic E-state index is 12.7. The van der Waals surface area contributed by atoms with Gasteiger partial charge in [0.25, 0.3) is 5.91 Å². The Morgan fingerprint density at radius 1 is 1.06 bits per heavy atom. The first kappa shape index (κ1) is 26.3. The molecular formula is C23H30ClN4O5S-. The Kier molecular flexibility index (Phi) is 10.1. The van der Waals surface area contributed by atoms with Gasteiger partial charge in [0.05, 0.1) is 5.56 Å². The Morgan fingerprint density at radius 2 is 1.56 bits per heavy atom. The van der Waals surface area contributed by atoms with Crippen LogP contribution >= 0.6 is 11.6 Å². The summed E-state index contributed by atoms with van der Waals surface area (Å²) in [5.41, 5.74) is 1.49. The Labute approximate surface area is 207 Å². The normalized spacial score (nSPS) is 17.9. The first-order chi connectivity index (χ1) is 16.3. The number of likely N-dealkylation sites (tertiary alicyclic amines) is 1. The van der Waals surface area contributed by atoms with Crippen LogP contribution < -0.4 is 14.8 Å². The van der Waals surface area contributed by atoms with E-state index >= 15 is 0 Å². The van der Waals surface area contributed by atoms with Crippen LogP contribution in [0.3, 0.4) is 0 Å². The van der Waals surface area contributed by atoms with E-state index in [0.29, 0.717) is 35.4 Å². The molecule has 11 heteroatoms. The summed E-state index contributed by atoms with van der Waals surface area (Å²) in [5, 5.41) is 3.96. The molecule has 2 aromatic rings. The lowest BCUT2D eigenvalue weighted by molar-refractivity contribution is 0.0584. The van der Waals surface area contributed by atoms with Crippen LogP contribution in [-0.4, -0.2) is 74.2 Å². The molecule has 1 aromatic carbocycles. The minimum Gasteiger partial charge on any atom is -0.773 e. The highest BCUT2D eigenvalue weighted by Crippen LogP contribution is 2.27. The summed E-state index contributed by atoms with van der Waals surface area (Å²) in [7, 11) is 0. The van der Waals surface area contributed by atoms with E-state index in [2.05, 4.69) is 15.3 Å². The van der Waals surface area contributed by atoms with Crippen molar-refractivity contribution >= 4 is 28.6 Å². The average Bonchev–Trinajstić information content (AvgIpc) is 2.82.